The Hall–Kier alpha value is -0.550. The molecule has 1 N–H and O–H groups in total. The van der Waals surface area contributed by atoms with E-state index in [4.69, 9.17) is 0 Å². The summed E-state index contributed by atoms with van der Waals surface area (Å²) in [4.78, 5) is 0. The Bertz CT molecular complexity index is 478. The Kier molecular flexibility index (Phi) is 4.61. The predicted molar refractivity (Wildman–Crippen MR) is 75.9 cm³/mol. The van der Waals surface area contributed by atoms with E-state index < -0.39 is 10.0 Å². The minimum atomic E-state index is -3.28. The van der Waals surface area contributed by atoms with Crippen molar-refractivity contribution in [1.82, 2.24) is 0 Å². The largest absolute Gasteiger partial charge is 0.284 e. The van der Waals surface area contributed by atoms with Crippen molar-refractivity contribution in [1.29, 1.82) is 0 Å². The lowest BCUT2D eigenvalue weighted by Crippen LogP contribution is -2.26. The highest BCUT2D eigenvalue weighted by atomic mass is 79.9. The average Bonchev–Trinajstić information content (AvgIpc) is 2.13. The van der Waals surface area contributed by atoms with Gasteiger partial charge in [-0.3, -0.25) is 4.72 Å². The first-order chi connectivity index (χ1) is 7.72. The molecule has 0 fully saturated rings. The number of hydrogen-bond donors (Lipinski definition) is 1. The zero-order valence-electron chi connectivity index (χ0n) is 10.3. The van der Waals surface area contributed by atoms with E-state index in [0.717, 1.165) is 5.56 Å². The molecule has 0 aliphatic heterocycles. The lowest BCUT2D eigenvalue weighted by Gasteiger charge is -2.18. The van der Waals surface area contributed by atoms with Crippen molar-refractivity contribution in [3.63, 3.8) is 0 Å². The maximum Gasteiger partial charge on any atom is 0.233 e. The number of sulfonamides is 1. The third-order valence-corrected chi connectivity index (χ3v) is 4.42. The molecule has 0 saturated carbocycles. The highest BCUT2D eigenvalue weighted by Gasteiger charge is 2.21. The third-order valence-electron chi connectivity index (χ3n) is 1.98. The van der Waals surface area contributed by atoms with Crippen LogP contribution in [-0.4, -0.2) is 14.2 Å². The van der Waals surface area contributed by atoms with Crippen LogP contribution >= 0.6 is 15.9 Å². The molecule has 1 aromatic carbocycles. The van der Waals surface area contributed by atoms with Crippen molar-refractivity contribution < 1.29 is 8.42 Å². The highest BCUT2D eigenvalue weighted by molar-refractivity contribution is 9.08. The third kappa shape index (κ3) is 5.55. The maximum atomic E-state index is 11.9. The van der Waals surface area contributed by atoms with Crippen molar-refractivity contribution >= 4 is 31.6 Å². The van der Waals surface area contributed by atoms with Crippen LogP contribution in [0.15, 0.2) is 24.3 Å². The van der Waals surface area contributed by atoms with Gasteiger partial charge in [0.2, 0.25) is 10.0 Å². The normalized spacial score (nSPS) is 12.5. The number of anilines is 1. The summed E-state index contributed by atoms with van der Waals surface area (Å²) < 4.78 is 26.4. The quantitative estimate of drug-likeness (QED) is 0.865. The van der Waals surface area contributed by atoms with Crippen LogP contribution in [0.25, 0.3) is 0 Å². The second-order valence-electron chi connectivity index (χ2n) is 5.26. The van der Waals surface area contributed by atoms with Gasteiger partial charge in [-0.05, 0) is 23.1 Å². The molecule has 0 unspecified atom stereocenters. The number of benzene rings is 1. The first-order valence-electron chi connectivity index (χ1n) is 5.37. The van der Waals surface area contributed by atoms with Gasteiger partial charge in [-0.2, -0.15) is 0 Å². The topological polar surface area (TPSA) is 46.2 Å². The fourth-order valence-electron chi connectivity index (χ4n) is 1.50. The van der Waals surface area contributed by atoms with Crippen molar-refractivity contribution in [3.05, 3.63) is 29.8 Å². The zero-order chi connectivity index (χ0) is 13.1. The second kappa shape index (κ2) is 5.40. The smallest absolute Gasteiger partial charge is 0.233 e. The van der Waals surface area contributed by atoms with Crippen molar-refractivity contribution in [2.75, 3.05) is 10.5 Å². The molecule has 96 valence electrons. The van der Waals surface area contributed by atoms with E-state index in [1.165, 1.54) is 0 Å². The lowest BCUT2D eigenvalue weighted by molar-refractivity contribution is 0.463. The Morgan fingerprint density at radius 3 is 2.47 bits per heavy atom. The Morgan fingerprint density at radius 1 is 1.29 bits per heavy atom. The van der Waals surface area contributed by atoms with Crippen LogP contribution in [0.4, 0.5) is 5.69 Å². The number of halogens is 1. The van der Waals surface area contributed by atoms with E-state index >= 15 is 0 Å². The van der Waals surface area contributed by atoms with E-state index in [2.05, 4.69) is 20.7 Å². The molecule has 0 radical (unpaired) electrons. The fourth-order valence-corrected chi connectivity index (χ4v) is 3.55. The van der Waals surface area contributed by atoms with Crippen molar-refractivity contribution in [2.24, 2.45) is 5.41 Å². The minimum absolute atomic E-state index is 0.110. The summed E-state index contributed by atoms with van der Waals surface area (Å²) in [7, 11) is -3.28. The number of hydrogen-bond acceptors (Lipinski definition) is 2. The molecule has 5 heteroatoms. The molecule has 0 spiro atoms. The van der Waals surface area contributed by atoms with Gasteiger partial charge in [-0.25, -0.2) is 8.42 Å². The Balaban J connectivity index is 2.83. The number of alkyl halides is 1. The van der Waals surface area contributed by atoms with Crippen LogP contribution < -0.4 is 4.72 Å². The Morgan fingerprint density at radius 2 is 1.94 bits per heavy atom. The van der Waals surface area contributed by atoms with Crippen LogP contribution in [0.3, 0.4) is 0 Å². The predicted octanol–water partition coefficient (Wildman–Crippen LogP) is 3.37. The van der Waals surface area contributed by atoms with Gasteiger partial charge in [0.1, 0.15) is 0 Å². The van der Waals surface area contributed by atoms with Gasteiger partial charge in [-0.1, -0.05) is 48.8 Å². The lowest BCUT2D eigenvalue weighted by atomic mass is 10.0. The molecule has 3 nitrogen and oxygen atoms in total. The summed E-state index contributed by atoms with van der Waals surface area (Å²) in [5.74, 6) is 0.110. The summed E-state index contributed by atoms with van der Waals surface area (Å²) in [6, 6.07) is 7.36. The highest BCUT2D eigenvalue weighted by Crippen LogP contribution is 2.19. The summed E-state index contributed by atoms with van der Waals surface area (Å²) >= 11 is 3.34. The fraction of sp³-hybridized carbons (Fsp3) is 0.500. The molecule has 0 aliphatic carbocycles. The van der Waals surface area contributed by atoms with Gasteiger partial charge in [0, 0.05) is 11.0 Å². The summed E-state index contributed by atoms with van der Waals surface area (Å²) in [6.45, 7) is 5.71. The molecule has 0 atom stereocenters. The first kappa shape index (κ1) is 14.5. The molecule has 0 aromatic heterocycles. The molecular formula is C12H18BrNO2S. The number of nitrogens with one attached hydrogen (secondary N) is 1. The molecule has 0 heterocycles. The van der Waals surface area contributed by atoms with Crippen molar-refractivity contribution in [2.45, 2.75) is 26.1 Å². The van der Waals surface area contributed by atoms with Gasteiger partial charge in [0.15, 0.2) is 0 Å². The molecule has 1 aromatic rings. The maximum absolute atomic E-state index is 11.9. The molecule has 0 amide bonds. The summed E-state index contributed by atoms with van der Waals surface area (Å²) in [5, 5.41) is 0.710. The summed E-state index contributed by atoms with van der Waals surface area (Å²) in [6.07, 6.45) is 0. The number of rotatable bonds is 4. The van der Waals surface area contributed by atoms with Crippen LogP contribution in [0.1, 0.15) is 26.3 Å². The van der Waals surface area contributed by atoms with Gasteiger partial charge >= 0.3 is 0 Å². The van der Waals surface area contributed by atoms with Crippen LogP contribution in [0.5, 0.6) is 0 Å². The van der Waals surface area contributed by atoms with Crippen LogP contribution in [-0.2, 0) is 15.4 Å². The van der Waals surface area contributed by atoms with E-state index in [9.17, 15) is 8.42 Å². The SMILES string of the molecule is CC(C)(C)CS(=O)(=O)Nc1cccc(CBr)c1. The van der Waals surface area contributed by atoms with Gasteiger partial charge in [0.25, 0.3) is 0 Å². The van der Waals surface area contributed by atoms with Crippen LogP contribution in [0.2, 0.25) is 0 Å². The van der Waals surface area contributed by atoms with Crippen LogP contribution in [0, 0.1) is 5.41 Å². The Labute approximate surface area is 112 Å². The second-order valence-corrected chi connectivity index (χ2v) is 7.54. The van der Waals surface area contributed by atoms with Gasteiger partial charge < -0.3 is 0 Å². The van der Waals surface area contributed by atoms with E-state index in [0.29, 0.717) is 11.0 Å². The molecular weight excluding hydrogens is 302 g/mol. The monoisotopic (exact) mass is 319 g/mol. The zero-order valence-corrected chi connectivity index (χ0v) is 12.7. The minimum Gasteiger partial charge on any atom is -0.284 e. The van der Waals surface area contributed by atoms with Gasteiger partial charge in [-0.15, -0.1) is 0 Å². The molecule has 17 heavy (non-hydrogen) atoms. The molecule has 0 saturated heterocycles. The molecule has 0 aliphatic rings. The molecule has 0 bridgehead atoms. The average molecular weight is 320 g/mol. The van der Waals surface area contributed by atoms with Crippen molar-refractivity contribution in [3.8, 4) is 0 Å². The van der Waals surface area contributed by atoms with E-state index in [-0.39, 0.29) is 11.2 Å². The van der Waals surface area contributed by atoms with Gasteiger partial charge in [0.05, 0.1) is 5.75 Å². The first-order valence-corrected chi connectivity index (χ1v) is 8.15. The standard InChI is InChI=1S/C12H18BrNO2S/c1-12(2,3)9-17(15,16)14-11-6-4-5-10(7-11)8-13/h4-7,14H,8-9H2,1-3H3. The van der Waals surface area contributed by atoms with E-state index in [1.54, 1.807) is 6.07 Å². The summed E-state index contributed by atoms with van der Waals surface area (Å²) in [5.41, 5.74) is 1.41. The molecule has 1 rings (SSSR count). The van der Waals surface area contributed by atoms with E-state index in [1.807, 2.05) is 39.0 Å².